The second-order valence-electron chi connectivity index (χ2n) is 9.71. The van der Waals surface area contributed by atoms with Crippen molar-refractivity contribution >= 4 is 5.91 Å². The number of alkyl halides is 3. The predicted octanol–water partition coefficient (Wildman–Crippen LogP) is 3.59. The number of carbonyl (C=O) groups is 1. The van der Waals surface area contributed by atoms with Crippen LogP contribution in [0.3, 0.4) is 0 Å². The second-order valence-corrected chi connectivity index (χ2v) is 9.71. The van der Waals surface area contributed by atoms with E-state index in [9.17, 15) is 28.2 Å². The van der Waals surface area contributed by atoms with Crippen molar-refractivity contribution in [3.63, 3.8) is 0 Å². The molecule has 9 nitrogen and oxygen atoms in total. The SMILES string of the molecule is CC(C)c1cc(-c2nnc(C(=O)NCC(F)(F)F)n2C2CCC(N3CCOCC3)CC2)c(O)cc1O. The average Bonchev–Trinajstić information content (AvgIpc) is 3.27. The highest BCUT2D eigenvalue weighted by Crippen LogP contribution is 2.40. The highest BCUT2D eigenvalue weighted by molar-refractivity contribution is 5.91. The Labute approximate surface area is 207 Å². The summed E-state index contributed by atoms with van der Waals surface area (Å²) in [5.74, 6) is -1.44. The third-order valence-electron chi connectivity index (χ3n) is 6.95. The van der Waals surface area contributed by atoms with Crippen LogP contribution in [0.15, 0.2) is 12.1 Å². The van der Waals surface area contributed by atoms with Crippen LogP contribution in [0.2, 0.25) is 0 Å². The number of amides is 1. The summed E-state index contributed by atoms with van der Waals surface area (Å²) >= 11 is 0. The average molecular weight is 512 g/mol. The van der Waals surface area contributed by atoms with E-state index in [1.54, 1.807) is 10.6 Å². The summed E-state index contributed by atoms with van der Waals surface area (Å²) in [6.07, 6.45) is -1.55. The summed E-state index contributed by atoms with van der Waals surface area (Å²) in [6, 6.07) is 2.92. The number of benzene rings is 1. The molecule has 4 rings (SSSR count). The van der Waals surface area contributed by atoms with E-state index in [0.717, 1.165) is 25.9 Å². The van der Waals surface area contributed by atoms with Crippen LogP contribution in [0.5, 0.6) is 11.5 Å². The van der Waals surface area contributed by atoms with E-state index in [2.05, 4.69) is 15.1 Å². The van der Waals surface area contributed by atoms with Gasteiger partial charge in [-0.2, -0.15) is 13.2 Å². The maximum Gasteiger partial charge on any atom is 0.405 e. The molecule has 36 heavy (non-hydrogen) atoms. The van der Waals surface area contributed by atoms with Gasteiger partial charge in [0.25, 0.3) is 5.91 Å². The summed E-state index contributed by atoms with van der Waals surface area (Å²) in [5.41, 5.74) is 0.825. The van der Waals surface area contributed by atoms with Gasteiger partial charge in [-0.05, 0) is 43.2 Å². The molecule has 1 aliphatic carbocycles. The van der Waals surface area contributed by atoms with E-state index in [0.29, 0.717) is 37.7 Å². The molecule has 2 fully saturated rings. The maximum atomic E-state index is 12.8. The molecule has 1 amide bonds. The number of hydrogen-bond donors (Lipinski definition) is 3. The molecule has 0 atom stereocenters. The minimum Gasteiger partial charge on any atom is -0.508 e. The van der Waals surface area contributed by atoms with Crippen molar-refractivity contribution in [3.8, 4) is 22.9 Å². The Morgan fingerprint density at radius 3 is 2.33 bits per heavy atom. The minimum absolute atomic E-state index is 0.0702. The first-order valence-corrected chi connectivity index (χ1v) is 12.2. The number of morpholine rings is 1. The van der Waals surface area contributed by atoms with Crippen molar-refractivity contribution < 1.29 is 32.9 Å². The molecule has 198 valence electrons. The molecule has 2 aromatic rings. The Hall–Kier alpha value is -2.86. The number of aromatic nitrogens is 3. The molecule has 1 aromatic heterocycles. The van der Waals surface area contributed by atoms with Crippen molar-refractivity contribution in [2.75, 3.05) is 32.8 Å². The fraction of sp³-hybridized carbons (Fsp3) is 0.625. The molecule has 0 radical (unpaired) electrons. The molecule has 1 aliphatic heterocycles. The van der Waals surface area contributed by atoms with E-state index in [-0.39, 0.29) is 40.7 Å². The van der Waals surface area contributed by atoms with Gasteiger partial charge in [0.1, 0.15) is 18.0 Å². The van der Waals surface area contributed by atoms with E-state index in [1.807, 2.05) is 19.2 Å². The normalized spacial score (nSPS) is 21.6. The number of nitrogens with zero attached hydrogens (tertiary/aromatic N) is 4. The smallest absolute Gasteiger partial charge is 0.405 e. The largest absolute Gasteiger partial charge is 0.508 e. The topological polar surface area (TPSA) is 113 Å². The lowest BCUT2D eigenvalue weighted by Crippen LogP contribution is -2.45. The highest BCUT2D eigenvalue weighted by Gasteiger charge is 2.34. The number of phenols is 2. The summed E-state index contributed by atoms with van der Waals surface area (Å²) in [4.78, 5) is 15.2. The maximum absolute atomic E-state index is 12.8. The van der Waals surface area contributed by atoms with Crippen LogP contribution in [0.4, 0.5) is 13.2 Å². The summed E-state index contributed by atoms with van der Waals surface area (Å²) in [6.45, 7) is 5.37. The Balaban J connectivity index is 1.67. The van der Waals surface area contributed by atoms with Gasteiger partial charge in [-0.15, -0.1) is 10.2 Å². The molecule has 2 heterocycles. The zero-order valence-corrected chi connectivity index (χ0v) is 20.4. The van der Waals surface area contributed by atoms with Crippen LogP contribution in [0, 0.1) is 0 Å². The number of ether oxygens (including phenoxy) is 1. The van der Waals surface area contributed by atoms with Gasteiger partial charge in [0.05, 0.1) is 18.8 Å². The lowest BCUT2D eigenvalue weighted by molar-refractivity contribution is -0.123. The van der Waals surface area contributed by atoms with Crippen molar-refractivity contribution in [1.29, 1.82) is 0 Å². The van der Waals surface area contributed by atoms with Gasteiger partial charge in [0.15, 0.2) is 5.82 Å². The van der Waals surface area contributed by atoms with Crippen LogP contribution in [-0.4, -0.2) is 80.9 Å². The fourth-order valence-corrected chi connectivity index (χ4v) is 5.09. The Kier molecular flexibility index (Phi) is 7.74. The van der Waals surface area contributed by atoms with E-state index < -0.39 is 18.6 Å². The van der Waals surface area contributed by atoms with Crippen molar-refractivity contribution in [1.82, 2.24) is 25.0 Å². The molecule has 0 unspecified atom stereocenters. The number of carbonyl (C=O) groups excluding carboxylic acids is 1. The van der Waals surface area contributed by atoms with Gasteiger partial charge in [0, 0.05) is 31.2 Å². The quantitative estimate of drug-likeness (QED) is 0.543. The molecule has 0 bridgehead atoms. The van der Waals surface area contributed by atoms with Crippen molar-refractivity contribution in [2.24, 2.45) is 0 Å². The summed E-state index contributed by atoms with van der Waals surface area (Å²) in [5, 5.41) is 30.9. The first-order valence-electron chi connectivity index (χ1n) is 12.2. The molecule has 1 saturated carbocycles. The van der Waals surface area contributed by atoms with Crippen LogP contribution in [0.25, 0.3) is 11.4 Å². The lowest BCUT2D eigenvalue weighted by Gasteiger charge is -2.39. The standard InChI is InChI=1S/C24H32F3N5O4/c1-14(2)17-11-18(20(34)12-19(17)33)21-29-30-22(23(35)28-13-24(25,26)27)32(21)16-5-3-15(4-6-16)31-7-9-36-10-8-31/h11-12,14-16,33-34H,3-10,13H2,1-2H3,(H,28,35). The molecule has 0 spiro atoms. The zero-order valence-electron chi connectivity index (χ0n) is 20.4. The van der Waals surface area contributed by atoms with E-state index in [4.69, 9.17) is 4.74 Å². The lowest BCUT2D eigenvalue weighted by atomic mass is 9.89. The molecular formula is C24H32F3N5O4. The van der Waals surface area contributed by atoms with Gasteiger partial charge < -0.3 is 20.3 Å². The molecular weight excluding hydrogens is 479 g/mol. The number of nitrogens with one attached hydrogen (secondary N) is 1. The van der Waals surface area contributed by atoms with E-state index in [1.165, 1.54) is 6.07 Å². The summed E-state index contributed by atoms with van der Waals surface area (Å²) < 4.78 is 45.3. The van der Waals surface area contributed by atoms with Gasteiger partial charge in [-0.25, -0.2) is 0 Å². The van der Waals surface area contributed by atoms with Crippen LogP contribution >= 0.6 is 0 Å². The third kappa shape index (κ3) is 5.75. The number of hydrogen-bond acceptors (Lipinski definition) is 7. The minimum atomic E-state index is -4.57. The Bertz CT molecular complexity index is 1070. The summed E-state index contributed by atoms with van der Waals surface area (Å²) in [7, 11) is 0. The Morgan fingerprint density at radius 2 is 1.72 bits per heavy atom. The number of halogens is 3. The fourth-order valence-electron chi connectivity index (χ4n) is 5.09. The predicted molar refractivity (Wildman–Crippen MR) is 125 cm³/mol. The van der Waals surface area contributed by atoms with Gasteiger partial charge >= 0.3 is 6.18 Å². The number of rotatable bonds is 6. The van der Waals surface area contributed by atoms with Gasteiger partial charge in [-0.3, -0.25) is 14.3 Å². The van der Waals surface area contributed by atoms with E-state index >= 15 is 0 Å². The second kappa shape index (κ2) is 10.6. The molecule has 12 heteroatoms. The molecule has 2 aliphatic rings. The first kappa shape index (κ1) is 26.2. The van der Waals surface area contributed by atoms with Gasteiger partial charge in [0.2, 0.25) is 5.82 Å². The van der Waals surface area contributed by atoms with Crippen LogP contribution < -0.4 is 5.32 Å². The zero-order chi connectivity index (χ0) is 26.0. The van der Waals surface area contributed by atoms with Crippen LogP contribution in [-0.2, 0) is 4.74 Å². The Morgan fingerprint density at radius 1 is 1.08 bits per heavy atom. The third-order valence-corrected chi connectivity index (χ3v) is 6.95. The molecule has 3 N–H and O–H groups in total. The molecule has 1 saturated heterocycles. The van der Waals surface area contributed by atoms with Gasteiger partial charge in [-0.1, -0.05) is 13.8 Å². The highest BCUT2D eigenvalue weighted by atomic mass is 19.4. The first-order chi connectivity index (χ1) is 17.0. The number of aromatic hydroxyl groups is 2. The monoisotopic (exact) mass is 511 g/mol. The van der Waals surface area contributed by atoms with Crippen molar-refractivity contribution in [3.05, 3.63) is 23.5 Å². The van der Waals surface area contributed by atoms with Crippen molar-refractivity contribution in [2.45, 2.75) is 63.7 Å². The molecule has 1 aromatic carbocycles. The van der Waals surface area contributed by atoms with Crippen LogP contribution in [0.1, 0.15) is 67.7 Å². The number of phenolic OH excluding ortho intramolecular Hbond substituents is 2.